The predicted molar refractivity (Wildman–Crippen MR) is 122 cm³/mol. The van der Waals surface area contributed by atoms with Crippen LogP contribution >= 0.6 is 0 Å². The molecule has 0 aliphatic carbocycles. The van der Waals surface area contributed by atoms with Gasteiger partial charge in [-0.1, -0.05) is 42.0 Å². The van der Waals surface area contributed by atoms with Crippen LogP contribution in [0.3, 0.4) is 0 Å². The number of esters is 1. The second kappa shape index (κ2) is 8.83. The summed E-state index contributed by atoms with van der Waals surface area (Å²) in [5.41, 5.74) is 4.05. The van der Waals surface area contributed by atoms with Crippen molar-refractivity contribution in [3.8, 4) is 0 Å². The maximum Gasteiger partial charge on any atom is 0.329 e. The van der Waals surface area contributed by atoms with Crippen molar-refractivity contribution in [2.75, 3.05) is 7.11 Å². The number of carbonyl (C=O) groups excluding carboxylic acids is 3. The van der Waals surface area contributed by atoms with Gasteiger partial charge in [0.1, 0.15) is 6.04 Å². The minimum absolute atomic E-state index is 0.287. The number of nitrogens with zero attached hydrogens (tertiary/aromatic N) is 2. The van der Waals surface area contributed by atoms with E-state index in [2.05, 4.69) is 42.8 Å². The molecule has 4 rings (SSSR count). The Morgan fingerprint density at radius 2 is 1.62 bits per heavy atom. The Kier molecular flexibility index (Phi) is 5.95. The smallest absolute Gasteiger partial charge is 0.329 e. The molecule has 0 saturated carbocycles. The fourth-order valence-corrected chi connectivity index (χ4v) is 4.23. The van der Waals surface area contributed by atoms with Gasteiger partial charge in [-0.05, 0) is 50.5 Å². The van der Waals surface area contributed by atoms with Crippen LogP contribution in [0.4, 0.5) is 0 Å². The van der Waals surface area contributed by atoms with Gasteiger partial charge < -0.3 is 9.30 Å². The molecule has 0 fully saturated rings. The number of aryl methyl sites for hydroxylation is 1. The van der Waals surface area contributed by atoms with Gasteiger partial charge in [0, 0.05) is 23.6 Å². The topological polar surface area (TPSA) is 68.6 Å². The highest BCUT2D eigenvalue weighted by Gasteiger charge is 2.43. The van der Waals surface area contributed by atoms with Crippen LogP contribution in [0.1, 0.15) is 46.5 Å². The number of methoxy groups -OCH3 is 1. The van der Waals surface area contributed by atoms with Gasteiger partial charge in [0.25, 0.3) is 11.8 Å². The third kappa shape index (κ3) is 3.84. The number of ether oxygens (including phenoxy) is 1. The first-order chi connectivity index (χ1) is 15.4. The Morgan fingerprint density at radius 3 is 2.25 bits per heavy atom. The summed E-state index contributed by atoms with van der Waals surface area (Å²) in [5.74, 6) is -1.49. The van der Waals surface area contributed by atoms with E-state index in [4.69, 9.17) is 4.74 Å². The lowest BCUT2D eigenvalue weighted by molar-refractivity contribution is -0.145. The first kappa shape index (κ1) is 21.6. The van der Waals surface area contributed by atoms with Crippen molar-refractivity contribution in [1.82, 2.24) is 9.47 Å². The van der Waals surface area contributed by atoms with E-state index in [0.29, 0.717) is 17.5 Å². The monoisotopic (exact) mass is 430 g/mol. The van der Waals surface area contributed by atoms with E-state index in [1.165, 1.54) is 12.7 Å². The third-order valence-electron chi connectivity index (χ3n) is 5.86. The van der Waals surface area contributed by atoms with E-state index >= 15 is 0 Å². The van der Waals surface area contributed by atoms with Crippen molar-refractivity contribution in [3.05, 3.63) is 83.1 Å². The maximum absolute atomic E-state index is 12.9. The molecule has 164 valence electrons. The van der Waals surface area contributed by atoms with E-state index in [1.54, 1.807) is 24.3 Å². The highest BCUT2D eigenvalue weighted by molar-refractivity contribution is 6.22. The highest BCUT2D eigenvalue weighted by atomic mass is 16.5. The molecule has 0 saturated heterocycles. The molecule has 6 nitrogen and oxygen atoms in total. The quantitative estimate of drug-likeness (QED) is 0.317. The lowest BCUT2D eigenvalue weighted by Gasteiger charge is -2.23. The normalized spacial score (nSPS) is 13.9. The fourth-order valence-electron chi connectivity index (χ4n) is 4.23. The van der Waals surface area contributed by atoms with Gasteiger partial charge >= 0.3 is 5.97 Å². The standard InChI is InChI=1S/C26H26N2O4/c1-17(2)14-15-27-16-18(19-8-6-7-11-22(19)27)12-13-23(26(31)32-3)28-24(29)20-9-4-5-10-21(20)25(28)30/h4-11,14,16,23H,12-13,15H2,1-3H3/t23-/m0/s1. The van der Waals surface area contributed by atoms with E-state index in [1.807, 2.05) is 12.1 Å². The molecule has 1 aliphatic heterocycles. The molecule has 1 aliphatic rings. The summed E-state index contributed by atoms with van der Waals surface area (Å²) in [7, 11) is 1.28. The maximum atomic E-state index is 12.9. The number of para-hydroxylation sites is 1. The van der Waals surface area contributed by atoms with Crippen LogP contribution in [-0.2, 0) is 22.5 Å². The summed E-state index contributed by atoms with van der Waals surface area (Å²) in [6.45, 7) is 4.88. The zero-order valence-corrected chi connectivity index (χ0v) is 18.5. The van der Waals surface area contributed by atoms with Crippen LogP contribution in [0.25, 0.3) is 10.9 Å². The van der Waals surface area contributed by atoms with Gasteiger partial charge in [0.2, 0.25) is 0 Å². The van der Waals surface area contributed by atoms with Crippen LogP contribution in [0.15, 0.2) is 66.4 Å². The zero-order valence-electron chi connectivity index (χ0n) is 18.5. The van der Waals surface area contributed by atoms with Crippen LogP contribution in [0.2, 0.25) is 0 Å². The molecular weight excluding hydrogens is 404 g/mol. The Bertz CT molecular complexity index is 1200. The molecule has 6 heteroatoms. The Hall–Kier alpha value is -3.67. The predicted octanol–water partition coefficient (Wildman–Crippen LogP) is 4.38. The second-order valence-electron chi connectivity index (χ2n) is 8.21. The van der Waals surface area contributed by atoms with Gasteiger partial charge in [-0.3, -0.25) is 14.5 Å². The second-order valence-corrected chi connectivity index (χ2v) is 8.21. The number of hydrogen-bond donors (Lipinski definition) is 0. The minimum atomic E-state index is -0.979. The number of rotatable bonds is 7. The van der Waals surface area contributed by atoms with E-state index in [-0.39, 0.29) is 6.42 Å². The highest BCUT2D eigenvalue weighted by Crippen LogP contribution is 2.28. The molecule has 32 heavy (non-hydrogen) atoms. The third-order valence-corrected chi connectivity index (χ3v) is 5.86. The number of aromatic nitrogens is 1. The average molecular weight is 431 g/mol. The van der Waals surface area contributed by atoms with Gasteiger partial charge in [-0.2, -0.15) is 0 Å². The molecule has 2 amide bonds. The van der Waals surface area contributed by atoms with Gasteiger partial charge in [-0.25, -0.2) is 4.79 Å². The van der Waals surface area contributed by atoms with Crippen molar-refractivity contribution < 1.29 is 19.1 Å². The summed E-state index contributed by atoms with van der Waals surface area (Å²) >= 11 is 0. The molecule has 0 spiro atoms. The molecule has 2 heterocycles. The average Bonchev–Trinajstić information content (AvgIpc) is 3.28. The molecule has 0 radical (unpaired) electrons. The number of amides is 2. The van der Waals surface area contributed by atoms with Crippen molar-refractivity contribution in [2.24, 2.45) is 0 Å². The lowest BCUT2D eigenvalue weighted by Crippen LogP contribution is -2.45. The lowest BCUT2D eigenvalue weighted by atomic mass is 10.0. The number of carbonyl (C=O) groups is 3. The van der Waals surface area contributed by atoms with Crippen molar-refractivity contribution >= 4 is 28.7 Å². The number of fused-ring (bicyclic) bond motifs is 2. The summed E-state index contributed by atoms with van der Waals surface area (Å²) in [5, 5.41) is 1.10. The number of benzene rings is 2. The molecule has 1 aromatic heterocycles. The fraction of sp³-hybridized carbons (Fsp3) is 0.269. The molecular formula is C26H26N2O4. The Balaban J connectivity index is 1.63. The van der Waals surface area contributed by atoms with Gasteiger partial charge in [0.05, 0.1) is 18.2 Å². The summed E-state index contributed by atoms with van der Waals surface area (Å²) in [4.78, 5) is 39.5. The molecule has 0 N–H and O–H groups in total. The first-order valence-electron chi connectivity index (χ1n) is 10.7. The van der Waals surface area contributed by atoms with Gasteiger partial charge in [0.15, 0.2) is 0 Å². The Labute approximate surface area is 187 Å². The number of allylic oxidation sites excluding steroid dienone is 2. The largest absolute Gasteiger partial charge is 0.467 e. The van der Waals surface area contributed by atoms with Crippen LogP contribution in [0, 0.1) is 0 Å². The van der Waals surface area contributed by atoms with E-state index in [9.17, 15) is 14.4 Å². The summed E-state index contributed by atoms with van der Waals surface area (Å²) < 4.78 is 7.14. The van der Waals surface area contributed by atoms with Crippen LogP contribution in [0.5, 0.6) is 0 Å². The first-order valence-corrected chi connectivity index (χ1v) is 10.7. The van der Waals surface area contributed by atoms with Crippen LogP contribution in [-0.4, -0.2) is 40.4 Å². The Morgan fingerprint density at radius 1 is 1.00 bits per heavy atom. The SMILES string of the molecule is COC(=O)[C@H](CCc1cn(CC=C(C)C)c2ccccc12)N1C(=O)c2ccccc2C1=O. The molecule has 3 aromatic rings. The molecule has 2 aromatic carbocycles. The van der Waals surface area contributed by atoms with E-state index < -0.39 is 23.8 Å². The molecule has 0 unspecified atom stereocenters. The van der Waals surface area contributed by atoms with E-state index in [0.717, 1.165) is 27.9 Å². The van der Waals surface area contributed by atoms with Crippen molar-refractivity contribution in [2.45, 2.75) is 39.3 Å². The molecule has 0 bridgehead atoms. The minimum Gasteiger partial charge on any atom is -0.467 e. The molecule has 1 atom stereocenters. The van der Waals surface area contributed by atoms with Crippen LogP contribution < -0.4 is 0 Å². The number of hydrogen-bond acceptors (Lipinski definition) is 4. The summed E-state index contributed by atoms with van der Waals surface area (Å²) in [6, 6.07) is 13.8. The zero-order chi connectivity index (χ0) is 22.8. The van der Waals surface area contributed by atoms with Crippen molar-refractivity contribution in [3.63, 3.8) is 0 Å². The van der Waals surface area contributed by atoms with Gasteiger partial charge in [-0.15, -0.1) is 0 Å². The van der Waals surface area contributed by atoms with Crippen molar-refractivity contribution in [1.29, 1.82) is 0 Å². The summed E-state index contributed by atoms with van der Waals surface area (Å²) in [6.07, 6.45) is 5.05. The number of imide groups is 1.